The van der Waals surface area contributed by atoms with E-state index >= 15 is 0 Å². The van der Waals surface area contributed by atoms with Gasteiger partial charge in [0.2, 0.25) is 0 Å². The minimum atomic E-state index is 0. The van der Waals surface area contributed by atoms with Crippen LogP contribution < -0.4 is 51.4 Å². The van der Waals surface area contributed by atoms with E-state index in [1.807, 2.05) is 0 Å². The van der Waals surface area contributed by atoms with E-state index in [1.54, 1.807) is 0 Å². The molecule has 0 bridgehead atoms. The third kappa shape index (κ3) is 42.2. The zero-order chi connectivity index (χ0) is 0. The third-order valence-corrected chi connectivity index (χ3v) is 0. The second kappa shape index (κ2) is 54.0. The molecule has 0 radical (unpaired) electrons. The van der Waals surface area contributed by atoms with Gasteiger partial charge in [0.25, 0.3) is 0 Å². The van der Waals surface area contributed by atoms with E-state index < -0.39 is 0 Å². The molecule has 0 aliphatic heterocycles. The van der Waals surface area contributed by atoms with E-state index in [4.69, 9.17) is 0 Å². The molecule has 0 fully saturated rings. The van der Waals surface area contributed by atoms with Gasteiger partial charge >= 0.3 is 96.9 Å². The first-order valence-corrected chi connectivity index (χ1v) is 0. The van der Waals surface area contributed by atoms with Crippen molar-refractivity contribution in [1.29, 1.82) is 0 Å². The summed E-state index contributed by atoms with van der Waals surface area (Å²) in [6.45, 7) is 0. The van der Waals surface area contributed by atoms with E-state index in [0.717, 1.165) is 0 Å². The molecule has 4 nitrogen and oxygen atoms in total. The molecule has 7 heavy (non-hydrogen) atoms. The molecule has 0 aromatic rings. The topological polar surface area (TPSA) is 126 Å². The number of rotatable bonds is 0. The second-order valence-corrected chi connectivity index (χ2v) is 0. The fraction of sp³-hybridized carbons (Fsp3) is 0. The van der Waals surface area contributed by atoms with Crippen LogP contribution in [0, 0.1) is 0 Å². The fourth-order valence-corrected chi connectivity index (χ4v) is 0. The van der Waals surface area contributed by atoms with Crippen molar-refractivity contribution in [3.05, 3.63) is 0 Å². The standard InChI is InChI=1S/K.4H2O.Sr.Ti.3H/h;4*1H2;;;;;/q+1;;;;;+2;;3*-1. The van der Waals surface area contributed by atoms with Crippen molar-refractivity contribution in [2.24, 2.45) is 0 Å². The van der Waals surface area contributed by atoms with Gasteiger partial charge in [-0.25, -0.2) is 0 Å². The summed E-state index contributed by atoms with van der Waals surface area (Å²) < 4.78 is 0. The Morgan fingerprint density at radius 2 is 0.714 bits per heavy atom. The Bertz CT molecular complexity index is 20.5. The molecule has 0 atom stereocenters. The van der Waals surface area contributed by atoms with Gasteiger partial charge in [0.05, 0.1) is 0 Å². The molecule has 0 aliphatic rings. The van der Waals surface area contributed by atoms with Crippen molar-refractivity contribution in [2.45, 2.75) is 0 Å². The largest absolute Gasteiger partial charge is 2.00 e. The van der Waals surface area contributed by atoms with Crippen molar-refractivity contribution in [1.82, 2.24) is 0 Å². The van der Waals surface area contributed by atoms with Gasteiger partial charge in [-0.2, -0.15) is 0 Å². The Morgan fingerprint density at radius 1 is 0.714 bits per heavy atom. The average molecular weight is 250 g/mol. The first-order chi connectivity index (χ1) is 0. The van der Waals surface area contributed by atoms with Crippen LogP contribution in [0.15, 0.2) is 0 Å². The molecular formula is H11KO4SrTi. The molecule has 42 valence electrons. The Kier molecular flexibility index (Phi) is 571. The normalized spacial score (nSPS) is 0. The molecule has 0 saturated carbocycles. The van der Waals surface area contributed by atoms with Gasteiger partial charge in [0.15, 0.2) is 0 Å². The number of hydrogen-bond donors (Lipinski definition) is 0. The summed E-state index contributed by atoms with van der Waals surface area (Å²) in [5, 5.41) is 0. The zero-order valence-electron chi connectivity index (χ0n) is 7.21. The molecule has 7 heteroatoms. The molecule has 0 heterocycles. The van der Waals surface area contributed by atoms with Gasteiger partial charge in [-0.1, -0.05) is 0 Å². The average Bonchev–Trinajstić information content (AvgIpc) is 0. The third-order valence-electron chi connectivity index (χ3n) is 0. The molecule has 0 rings (SSSR count). The van der Waals surface area contributed by atoms with E-state index in [2.05, 4.69) is 0 Å². The first kappa shape index (κ1) is 74.1. The summed E-state index contributed by atoms with van der Waals surface area (Å²) in [6.07, 6.45) is 0. The van der Waals surface area contributed by atoms with E-state index in [-0.39, 0.29) is 145 Å². The summed E-state index contributed by atoms with van der Waals surface area (Å²) in [4.78, 5) is 0. The van der Waals surface area contributed by atoms with Crippen LogP contribution in [0.1, 0.15) is 4.28 Å². The predicted molar refractivity (Wildman–Crippen MR) is 23.5 cm³/mol. The van der Waals surface area contributed by atoms with Gasteiger partial charge < -0.3 is 26.2 Å². The summed E-state index contributed by atoms with van der Waals surface area (Å²) in [5.41, 5.74) is 0. The van der Waals surface area contributed by atoms with E-state index in [9.17, 15) is 0 Å². The predicted octanol–water partition coefficient (Wildman–Crippen LogP) is -6.34. The Morgan fingerprint density at radius 3 is 0.714 bits per heavy atom. The summed E-state index contributed by atoms with van der Waals surface area (Å²) >= 11 is 0. The van der Waals surface area contributed by atoms with Gasteiger partial charge in [0, 0.05) is 21.7 Å². The minimum Gasteiger partial charge on any atom is -1.00 e. The maximum atomic E-state index is 0. The summed E-state index contributed by atoms with van der Waals surface area (Å²) in [5.74, 6) is 0. The van der Waals surface area contributed by atoms with Crippen molar-refractivity contribution in [3.8, 4) is 0 Å². The fourth-order valence-electron chi connectivity index (χ4n) is 0. The van der Waals surface area contributed by atoms with Gasteiger partial charge in [-0.05, 0) is 0 Å². The second-order valence-electron chi connectivity index (χ2n) is 0. The van der Waals surface area contributed by atoms with Crippen LogP contribution in [0.4, 0.5) is 0 Å². The maximum Gasteiger partial charge on any atom is 2.00 e. The Hall–Kier alpha value is 3.67. The maximum absolute atomic E-state index is 0. The van der Waals surface area contributed by atoms with Crippen molar-refractivity contribution in [2.75, 3.05) is 0 Å². The molecule has 0 unspecified atom stereocenters. The van der Waals surface area contributed by atoms with Crippen LogP contribution in [0.5, 0.6) is 0 Å². The van der Waals surface area contributed by atoms with Crippen LogP contribution in [0.3, 0.4) is 0 Å². The van der Waals surface area contributed by atoms with Crippen LogP contribution in [0.2, 0.25) is 0 Å². The number of hydrogen-bond acceptors (Lipinski definition) is 0. The molecule has 8 N–H and O–H groups in total. The van der Waals surface area contributed by atoms with Crippen molar-refractivity contribution >= 4 is 45.5 Å². The van der Waals surface area contributed by atoms with Crippen LogP contribution in [0.25, 0.3) is 0 Å². The molecule has 0 aromatic carbocycles. The van der Waals surface area contributed by atoms with Gasteiger partial charge in [-0.3, -0.25) is 0 Å². The van der Waals surface area contributed by atoms with Crippen LogP contribution >= 0.6 is 0 Å². The molecule has 0 saturated heterocycles. The SMILES string of the molecule is O.O.O.O.[H-].[H-].[H-].[K+].[Sr+2].[Ti]. The molecule has 0 aromatic heterocycles. The molecular weight excluding hydrogens is 239 g/mol. The first-order valence-electron chi connectivity index (χ1n) is 0. The van der Waals surface area contributed by atoms with Crippen molar-refractivity contribution in [3.63, 3.8) is 0 Å². The smallest absolute Gasteiger partial charge is 1.00 e. The summed E-state index contributed by atoms with van der Waals surface area (Å²) in [6, 6.07) is 0. The minimum absolute atomic E-state index is 0. The molecule has 0 amide bonds. The summed E-state index contributed by atoms with van der Waals surface area (Å²) in [7, 11) is 0. The van der Waals surface area contributed by atoms with Crippen LogP contribution in [-0.4, -0.2) is 67.4 Å². The van der Waals surface area contributed by atoms with E-state index in [0.29, 0.717) is 0 Å². The molecule has 0 spiro atoms. The monoisotopic (exact) mass is 250 g/mol. The van der Waals surface area contributed by atoms with Crippen molar-refractivity contribution < 1.29 is 99.3 Å². The van der Waals surface area contributed by atoms with Gasteiger partial charge in [-0.15, -0.1) is 0 Å². The van der Waals surface area contributed by atoms with Crippen LogP contribution in [-0.2, 0) is 21.7 Å². The Labute approximate surface area is 141 Å². The molecule has 0 aliphatic carbocycles. The zero-order valence-corrected chi connectivity index (χ0v) is 12.4. The van der Waals surface area contributed by atoms with E-state index in [1.165, 1.54) is 0 Å². The Balaban J connectivity index is 0. The quantitative estimate of drug-likeness (QED) is 0.379. The van der Waals surface area contributed by atoms with Gasteiger partial charge in [0.1, 0.15) is 0 Å².